The zero-order valence-electron chi connectivity index (χ0n) is 14.0. The van der Waals surface area contributed by atoms with Crippen LogP contribution in [0.1, 0.15) is 33.3 Å². The predicted molar refractivity (Wildman–Crippen MR) is 95.9 cm³/mol. The Labute approximate surface area is 129 Å². The molecule has 0 saturated carbocycles. The molecule has 0 amide bonds. The van der Waals surface area contributed by atoms with Crippen molar-refractivity contribution in [2.75, 3.05) is 0 Å². The van der Waals surface area contributed by atoms with Crippen molar-refractivity contribution in [2.24, 2.45) is 0 Å². The Morgan fingerprint density at radius 1 is 1.00 bits per heavy atom. The molecular weight excluding hydrogens is 272 g/mol. The second-order valence-corrected chi connectivity index (χ2v) is 11.8. The molecule has 2 heteroatoms. The largest absolute Gasteiger partial charge is 0.543 e. The molecule has 2 rings (SSSR count). The van der Waals surface area contributed by atoms with Gasteiger partial charge in [0.05, 0.1) is 0 Å². The van der Waals surface area contributed by atoms with Gasteiger partial charge in [-0.1, -0.05) is 63.2 Å². The van der Waals surface area contributed by atoms with Crippen LogP contribution in [0.3, 0.4) is 0 Å². The van der Waals surface area contributed by atoms with Gasteiger partial charge in [-0.3, -0.25) is 0 Å². The number of rotatable bonds is 3. The molecule has 0 aromatic heterocycles. The second-order valence-electron chi connectivity index (χ2n) is 7.04. The van der Waals surface area contributed by atoms with E-state index in [2.05, 4.69) is 89.3 Å². The molecule has 0 aliphatic heterocycles. The third kappa shape index (κ3) is 3.21. The van der Waals surface area contributed by atoms with Gasteiger partial charge in [-0.25, -0.2) is 0 Å². The molecule has 0 aliphatic carbocycles. The van der Waals surface area contributed by atoms with E-state index in [-0.39, 0.29) is 5.04 Å². The van der Waals surface area contributed by atoms with Gasteiger partial charge in [-0.05, 0) is 41.9 Å². The number of hydrogen-bond acceptors (Lipinski definition) is 1. The van der Waals surface area contributed by atoms with Crippen molar-refractivity contribution in [1.82, 2.24) is 0 Å². The van der Waals surface area contributed by atoms with E-state index < -0.39 is 8.32 Å². The van der Waals surface area contributed by atoms with E-state index in [0.29, 0.717) is 0 Å². The number of hydrogen-bond donors (Lipinski definition) is 0. The molecule has 0 atom stereocenters. The zero-order valence-corrected chi connectivity index (χ0v) is 15.0. The highest BCUT2D eigenvalue weighted by Gasteiger charge is 2.39. The second kappa shape index (κ2) is 5.68. The van der Waals surface area contributed by atoms with Crippen LogP contribution in [0.25, 0.3) is 16.5 Å². The maximum atomic E-state index is 6.55. The monoisotopic (exact) mass is 298 g/mol. The predicted octanol–water partition coefficient (Wildman–Crippen LogP) is 6.22. The van der Waals surface area contributed by atoms with Crippen LogP contribution in [0.2, 0.25) is 18.1 Å². The van der Waals surface area contributed by atoms with Crippen LogP contribution in [0.15, 0.2) is 48.5 Å². The summed E-state index contributed by atoms with van der Waals surface area (Å²) < 4.78 is 6.55. The topological polar surface area (TPSA) is 9.23 Å². The molecule has 0 saturated heterocycles. The minimum absolute atomic E-state index is 0.200. The Morgan fingerprint density at radius 2 is 1.62 bits per heavy atom. The van der Waals surface area contributed by atoms with Gasteiger partial charge in [0.1, 0.15) is 5.76 Å². The Kier molecular flexibility index (Phi) is 4.29. The summed E-state index contributed by atoms with van der Waals surface area (Å²) in [6, 6.07) is 14.9. The Hall–Kier alpha value is -1.54. The fourth-order valence-electron chi connectivity index (χ4n) is 2.14. The Bertz CT molecular complexity index is 657. The number of fused-ring (bicyclic) bond motifs is 1. The van der Waals surface area contributed by atoms with Crippen molar-refractivity contribution in [1.29, 1.82) is 0 Å². The molecule has 0 aliphatic rings. The van der Waals surface area contributed by atoms with Gasteiger partial charge >= 0.3 is 0 Å². The van der Waals surface area contributed by atoms with E-state index in [4.69, 9.17) is 4.43 Å². The van der Waals surface area contributed by atoms with Crippen LogP contribution in [0, 0.1) is 0 Å². The first-order valence-corrected chi connectivity index (χ1v) is 10.5. The first kappa shape index (κ1) is 15.8. The molecule has 0 unspecified atom stereocenters. The van der Waals surface area contributed by atoms with Crippen molar-refractivity contribution in [3.05, 3.63) is 54.1 Å². The lowest BCUT2D eigenvalue weighted by atomic mass is 10.0. The van der Waals surface area contributed by atoms with E-state index in [1.54, 1.807) is 0 Å². The first-order chi connectivity index (χ1) is 9.76. The lowest BCUT2D eigenvalue weighted by Gasteiger charge is -2.37. The van der Waals surface area contributed by atoms with Gasteiger partial charge in [-0.2, -0.15) is 0 Å². The average molecular weight is 299 g/mol. The van der Waals surface area contributed by atoms with E-state index in [1.807, 2.05) is 0 Å². The maximum Gasteiger partial charge on any atom is 0.250 e. The minimum atomic E-state index is -1.83. The van der Waals surface area contributed by atoms with Gasteiger partial charge in [0, 0.05) is 5.56 Å². The lowest BCUT2D eigenvalue weighted by Crippen LogP contribution is -2.40. The zero-order chi connectivity index (χ0) is 15.7. The van der Waals surface area contributed by atoms with Gasteiger partial charge in [0.2, 0.25) is 8.32 Å². The summed E-state index contributed by atoms with van der Waals surface area (Å²) in [7, 11) is -1.83. The van der Waals surface area contributed by atoms with E-state index >= 15 is 0 Å². The summed E-state index contributed by atoms with van der Waals surface area (Å²) in [5.74, 6) is 1.01. The van der Waals surface area contributed by atoms with Crippen molar-refractivity contribution >= 4 is 24.8 Å². The summed E-state index contributed by atoms with van der Waals surface area (Å²) in [6.07, 6.45) is 2.10. The van der Waals surface area contributed by atoms with Crippen LogP contribution in [0.4, 0.5) is 0 Å². The van der Waals surface area contributed by atoms with Crippen molar-refractivity contribution in [3.63, 3.8) is 0 Å². The van der Waals surface area contributed by atoms with E-state index in [0.717, 1.165) is 5.76 Å². The molecule has 0 radical (unpaired) electrons. The van der Waals surface area contributed by atoms with Crippen LogP contribution < -0.4 is 0 Å². The first-order valence-electron chi connectivity index (χ1n) is 7.60. The summed E-state index contributed by atoms with van der Waals surface area (Å²) >= 11 is 0. The van der Waals surface area contributed by atoms with Crippen LogP contribution in [-0.2, 0) is 4.43 Å². The average Bonchev–Trinajstić information content (AvgIpc) is 2.43. The molecule has 0 bridgehead atoms. The van der Waals surface area contributed by atoms with Gasteiger partial charge < -0.3 is 4.43 Å². The minimum Gasteiger partial charge on any atom is -0.543 e. The van der Waals surface area contributed by atoms with E-state index in [1.165, 1.54) is 16.3 Å². The molecule has 0 spiro atoms. The van der Waals surface area contributed by atoms with Crippen LogP contribution in [0.5, 0.6) is 0 Å². The van der Waals surface area contributed by atoms with Crippen molar-refractivity contribution in [2.45, 2.75) is 45.8 Å². The highest BCUT2D eigenvalue weighted by molar-refractivity contribution is 6.74. The highest BCUT2D eigenvalue weighted by atomic mass is 28.4. The molecule has 0 N–H and O–H groups in total. The van der Waals surface area contributed by atoms with E-state index in [9.17, 15) is 0 Å². The Balaban J connectivity index is 2.47. The smallest absolute Gasteiger partial charge is 0.250 e. The number of allylic oxidation sites excluding steroid dienone is 1. The Morgan fingerprint density at radius 3 is 2.24 bits per heavy atom. The fourth-order valence-corrected chi connectivity index (χ4v) is 3.22. The summed E-state index contributed by atoms with van der Waals surface area (Å²) in [4.78, 5) is 0. The fraction of sp³-hybridized carbons (Fsp3) is 0.368. The van der Waals surface area contributed by atoms with Crippen LogP contribution >= 0.6 is 0 Å². The normalized spacial score (nSPS) is 13.5. The lowest BCUT2D eigenvalue weighted by molar-refractivity contribution is 0.458. The van der Waals surface area contributed by atoms with Crippen molar-refractivity contribution in [3.8, 4) is 0 Å². The number of benzene rings is 2. The molecule has 2 aromatic rings. The molecule has 112 valence electrons. The molecule has 1 nitrogen and oxygen atoms in total. The molecule has 0 heterocycles. The highest BCUT2D eigenvalue weighted by Crippen LogP contribution is 2.40. The molecule has 2 aromatic carbocycles. The third-order valence-corrected chi connectivity index (χ3v) is 8.83. The van der Waals surface area contributed by atoms with Gasteiger partial charge in [0.25, 0.3) is 0 Å². The summed E-state index contributed by atoms with van der Waals surface area (Å²) in [5.41, 5.74) is 1.19. The third-order valence-electron chi connectivity index (χ3n) is 4.49. The maximum absolute atomic E-state index is 6.55. The quantitative estimate of drug-likeness (QED) is 0.482. The van der Waals surface area contributed by atoms with Crippen LogP contribution in [-0.4, -0.2) is 8.32 Å². The summed E-state index contributed by atoms with van der Waals surface area (Å²) in [6.45, 7) is 13.5. The van der Waals surface area contributed by atoms with Gasteiger partial charge in [0.15, 0.2) is 0 Å². The van der Waals surface area contributed by atoms with Crippen molar-refractivity contribution < 1.29 is 4.43 Å². The molecular formula is C19H26OSi. The van der Waals surface area contributed by atoms with Gasteiger partial charge in [-0.15, -0.1) is 0 Å². The standard InChI is InChI=1S/C19H26OSi/c1-7-18(20-21(5,6)19(2,3)4)17-14-10-12-15-11-8-9-13-16(15)17/h7-14H,1-6H3. The summed E-state index contributed by atoms with van der Waals surface area (Å²) in [5, 5.41) is 2.71. The molecule has 21 heavy (non-hydrogen) atoms. The molecule has 0 fully saturated rings. The SMILES string of the molecule is CC=C(O[Si](C)(C)C(C)(C)C)c1cccc2ccccc12.